The van der Waals surface area contributed by atoms with E-state index in [2.05, 4.69) is 15.3 Å². The molecule has 3 aromatic rings. The fourth-order valence-electron chi connectivity index (χ4n) is 2.92. The van der Waals surface area contributed by atoms with Crippen molar-refractivity contribution in [2.75, 3.05) is 11.9 Å². The van der Waals surface area contributed by atoms with Crippen LogP contribution in [0.3, 0.4) is 0 Å². The van der Waals surface area contributed by atoms with Crippen LogP contribution in [-0.4, -0.2) is 27.2 Å². The van der Waals surface area contributed by atoms with E-state index in [0.29, 0.717) is 23.9 Å². The number of nitrogens with zero attached hydrogens (tertiary/aromatic N) is 3. The van der Waals surface area contributed by atoms with Crippen LogP contribution in [0.4, 0.5) is 5.95 Å². The number of aliphatic imine (C=N–C) groups is 1. The van der Waals surface area contributed by atoms with Gasteiger partial charge in [0, 0.05) is 5.56 Å². The van der Waals surface area contributed by atoms with Crippen LogP contribution in [0.2, 0.25) is 0 Å². The molecule has 2 heterocycles. The van der Waals surface area contributed by atoms with E-state index in [1.54, 1.807) is 18.2 Å². The molecule has 122 valence electrons. The molecule has 7 heteroatoms. The van der Waals surface area contributed by atoms with Gasteiger partial charge in [-0.15, -0.1) is 0 Å². The predicted molar refractivity (Wildman–Crippen MR) is 92.4 cm³/mol. The number of aromatic hydroxyl groups is 1. The van der Waals surface area contributed by atoms with Gasteiger partial charge >= 0.3 is 0 Å². The van der Waals surface area contributed by atoms with Crippen molar-refractivity contribution in [2.24, 2.45) is 10.7 Å². The highest BCUT2D eigenvalue weighted by Crippen LogP contribution is 2.37. The lowest BCUT2D eigenvalue weighted by atomic mass is 10.1. The number of hydrogen-bond donors (Lipinski definition) is 3. The van der Waals surface area contributed by atoms with Gasteiger partial charge in [-0.3, -0.25) is 9.88 Å². The molecule has 1 aliphatic rings. The van der Waals surface area contributed by atoms with Crippen LogP contribution in [0.1, 0.15) is 18.7 Å². The molecule has 1 aromatic heterocycles. The molecule has 0 amide bonds. The maximum Gasteiger partial charge on any atom is 0.212 e. The number of nitrogens with one attached hydrogen (secondary N) is 1. The second-order valence-corrected chi connectivity index (χ2v) is 5.46. The zero-order valence-electron chi connectivity index (χ0n) is 13.1. The maximum absolute atomic E-state index is 10.4. The number of imidazole rings is 1. The van der Waals surface area contributed by atoms with Crippen LogP contribution < -0.4 is 15.8 Å². The topological polar surface area (TPSA) is 97.7 Å². The Morgan fingerprint density at radius 1 is 1.29 bits per heavy atom. The lowest BCUT2D eigenvalue weighted by Gasteiger charge is -2.24. The molecule has 0 saturated heterocycles. The van der Waals surface area contributed by atoms with Gasteiger partial charge in [-0.25, -0.2) is 9.98 Å². The first-order chi connectivity index (χ1) is 11.7. The van der Waals surface area contributed by atoms with Crippen molar-refractivity contribution < 1.29 is 9.84 Å². The molecular weight excluding hydrogens is 306 g/mol. The number of phenolic OH excluding ortho intramolecular Hbond substituents is 1. The van der Waals surface area contributed by atoms with Gasteiger partial charge in [0.2, 0.25) is 5.95 Å². The summed E-state index contributed by atoms with van der Waals surface area (Å²) in [6, 6.07) is 12.9. The minimum Gasteiger partial charge on any atom is -0.508 e. The van der Waals surface area contributed by atoms with Gasteiger partial charge in [-0.2, -0.15) is 0 Å². The lowest BCUT2D eigenvalue weighted by molar-refractivity contribution is 0.338. The average molecular weight is 323 g/mol. The Bertz CT molecular complexity index is 947. The number of fused-ring (bicyclic) bond motifs is 3. The highest BCUT2D eigenvalue weighted by atomic mass is 16.5. The standard InChI is InChI=1S/C17H17N5O2/c1-2-24-10-7-8-14(23)11(9-10)15-20-16(18)21-17-19-12-5-3-4-6-13(12)22(15)17/h3-9,15,23H,2H2,1H3,(H3,18,19,20,21). The van der Waals surface area contributed by atoms with Gasteiger partial charge in [0.25, 0.3) is 0 Å². The monoisotopic (exact) mass is 323 g/mol. The first-order valence-corrected chi connectivity index (χ1v) is 7.70. The molecule has 0 radical (unpaired) electrons. The van der Waals surface area contributed by atoms with E-state index in [0.717, 1.165) is 11.0 Å². The molecular formula is C17H17N5O2. The third-order valence-corrected chi connectivity index (χ3v) is 3.93. The summed E-state index contributed by atoms with van der Waals surface area (Å²) in [4.78, 5) is 9.01. The van der Waals surface area contributed by atoms with Gasteiger partial charge in [0.05, 0.1) is 17.6 Å². The zero-order chi connectivity index (χ0) is 16.7. The number of guanidine groups is 1. The Balaban J connectivity index is 1.92. The molecule has 0 fully saturated rings. The van der Waals surface area contributed by atoms with Gasteiger partial charge < -0.3 is 15.6 Å². The van der Waals surface area contributed by atoms with E-state index in [1.165, 1.54) is 0 Å². The smallest absolute Gasteiger partial charge is 0.212 e. The fourth-order valence-corrected chi connectivity index (χ4v) is 2.92. The zero-order valence-corrected chi connectivity index (χ0v) is 13.1. The number of aromatic nitrogens is 2. The Kier molecular flexibility index (Phi) is 3.26. The first-order valence-electron chi connectivity index (χ1n) is 7.70. The van der Waals surface area contributed by atoms with Crippen LogP contribution in [0, 0.1) is 0 Å². The molecule has 1 atom stereocenters. The number of rotatable bonds is 3. The number of benzene rings is 2. The highest BCUT2D eigenvalue weighted by Gasteiger charge is 2.27. The molecule has 24 heavy (non-hydrogen) atoms. The molecule has 1 aliphatic heterocycles. The van der Waals surface area contributed by atoms with Crippen molar-refractivity contribution >= 4 is 22.9 Å². The minimum atomic E-state index is -0.519. The number of nitrogens with two attached hydrogens (primary N) is 1. The summed E-state index contributed by atoms with van der Waals surface area (Å²) >= 11 is 0. The molecule has 7 nitrogen and oxygen atoms in total. The quantitative estimate of drug-likeness (QED) is 0.688. The molecule has 0 bridgehead atoms. The summed E-state index contributed by atoms with van der Waals surface area (Å²) in [5, 5.41) is 13.3. The number of phenols is 1. The number of anilines is 1. The summed E-state index contributed by atoms with van der Waals surface area (Å²) < 4.78 is 7.46. The molecule has 4 rings (SSSR count). The Hall–Kier alpha value is -3.22. The summed E-state index contributed by atoms with van der Waals surface area (Å²) in [6.45, 7) is 2.45. The number of hydrogen-bond acceptors (Lipinski definition) is 6. The van der Waals surface area contributed by atoms with Crippen LogP contribution in [-0.2, 0) is 0 Å². The van der Waals surface area contributed by atoms with Crippen LogP contribution in [0.25, 0.3) is 11.0 Å². The van der Waals surface area contributed by atoms with E-state index < -0.39 is 6.17 Å². The molecule has 1 unspecified atom stereocenters. The molecule has 0 aliphatic carbocycles. The van der Waals surface area contributed by atoms with Crippen molar-refractivity contribution in [3.8, 4) is 11.5 Å². The molecule has 4 N–H and O–H groups in total. The van der Waals surface area contributed by atoms with Crippen LogP contribution in [0.15, 0.2) is 47.5 Å². The van der Waals surface area contributed by atoms with Gasteiger partial charge in [-0.1, -0.05) is 12.1 Å². The Morgan fingerprint density at radius 3 is 2.96 bits per heavy atom. The summed E-state index contributed by atoms with van der Waals surface area (Å²) in [6.07, 6.45) is -0.519. The van der Waals surface area contributed by atoms with Crippen LogP contribution in [0.5, 0.6) is 11.5 Å². The van der Waals surface area contributed by atoms with Crippen LogP contribution >= 0.6 is 0 Å². The summed E-state index contributed by atoms with van der Waals surface area (Å²) in [5.74, 6) is 1.65. The van der Waals surface area contributed by atoms with Crippen molar-refractivity contribution in [1.29, 1.82) is 0 Å². The van der Waals surface area contributed by atoms with Gasteiger partial charge in [-0.05, 0) is 37.3 Å². The van der Waals surface area contributed by atoms with Crippen molar-refractivity contribution in [2.45, 2.75) is 13.1 Å². The Labute approximate surface area is 138 Å². The molecule has 0 saturated carbocycles. The molecule has 2 aromatic carbocycles. The minimum absolute atomic E-state index is 0.130. The first kappa shape index (κ1) is 14.4. The average Bonchev–Trinajstić information content (AvgIpc) is 2.94. The maximum atomic E-state index is 10.4. The van der Waals surface area contributed by atoms with E-state index >= 15 is 0 Å². The SMILES string of the molecule is CCOc1ccc(O)c(C2N=C(N)Nc3nc4ccccc4n32)c1. The highest BCUT2D eigenvalue weighted by molar-refractivity contribution is 5.94. The van der Waals surface area contributed by atoms with Gasteiger partial charge in [0.15, 0.2) is 12.1 Å². The third kappa shape index (κ3) is 2.21. The second-order valence-electron chi connectivity index (χ2n) is 5.46. The van der Waals surface area contributed by atoms with Gasteiger partial charge in [0.1, 0.15) is 11.5 Å². The van der Waals surface area contributed by atoms with Crippen molar-refractivity contribution in [1.82, 2.24) is 9.55 Å². The number of para-hydroxylation sites is 2. The number of ether oxygens (including phenoxy) is 1. The predicted octanol–water partition coefficient (Wildman–Crippen LogP) is 2.43. The molecule has 0 spiro atoms. The second kappa shape index (κ2) is 5.45. The van der Waals surface area contributed by atoms with Crippen molar-refractivity contribution in [3.63, 3.8) is 0 Å². The Morgan fingerprint density at radius 2 is 2.12 bits per heavy atom. The van der Waals surface area contributed by atoms with E-state index in [9.17, 15) is 5.11 Å². The largest absolute Gasteiger partial charge is 0.508 e. The summed E-state index contributed by atoms with van der Waals surface area (Å²) in [5.41, 5.74) is 8.26. The van der Waals surface area contributed by atoms with E-state index in [4.69, 9.17) is 10.5 Å². The van der Waals surface area contributed by atoms with E-state index in [1.807, 2.05) is 35.8 Å². The summed E-state index contributed by atoms with van der Waals surface area (Å²) in [7, 11) is 0. The normalized spacial score (nSPS) is 16.4. The van der Waals surface area contributed by atoms with E-state index in [-0.39, 0.29) is 11.7 Å². The lowest BCUT2D eigenvalue weighted by Crippen LogP contribution is -2.31. The fraction of sp³-hybridized carbons (Fsp3) is 0.176. The van der Waals surface area contributed by atoms with Crippen molar-refractivity contribution in [3.05, 3.63) is 48.0 Å². The third-order valence-electron chi connectivity index (χ3n) is 3.93.